The summed E-state index contributed by atoms with van der Waals surface area (Å²) in [6, 6.07) is 4.15. The minimum Gasteiger partial charge on any atom is -0.464 e. The van der Waals surface area contributed by atoms with Gasteiger partial charge in [0.2, 0.25) is 5.91 Å². The van der Waals surface area contributed by atoms with E-state index in [1.807, 2.05) is 6.07 Å². The van der Waals surface area contributed by atoms with Gasteiger partial charge in [-0.15, -0.1) is 12.4 Å². The molecule has 0 saturated carbocycles. The van der Waals surface area contributed by atoms with Crippen molar-refractivity contribution in [1.82, 2.24) is 5.32 Å². The van der Waals surface area contributed by atoms with Crippen LogP contribution in [0.1, 0.15) is 37.0 Å². The predicted molar refractivity (Wildman–Crippen MR) is 97.1 cm³/mol. The molecule has 0 fully saturated rings. The molecule has 128 valence electrons. The molecule has 1 unspecified atom stereocenters. The van der Waals surface area contributed by atoms with Crippen molar-refractivity contribution < 1.29 is 9.21 Å². The number of fused-ring (bicyclic) bond motifs is 1. The van der Waals surface area contributed by atoms with Crippen molar-refractivity contribution in [3.63, 3.8) is 0 Å². The molecule has 0 radical (unpaired) electrons. The molecule has 1 heterocycles. The predicted octanol–water partition coefficient (Wildman–Crippen LogP) is 3.50. The molecule has 5 heteroatoms. The fourth-order valence-electron chi connectivity index (χ4n) is 2.71. The first-order valence-corrected chi connectivity index (χ1v) is 7.87. The number of carbonyl (C=O) groups is 1. The zero-order chi connectivity index (χ0) is 16.3. The van der Waals surface area contributed by atoms with Crippen molar-refractivity contribution in [2.45, 2.75) is 46.6 Å². The van der Waals surface area contributed by atoms with Crippen molar-refractivity contribution in [2.75, 3.05) is 6.54 Å². The summed E-state index contributed by atoms with van der Waals surface area (Å²) < 4.78 is 5.58. The molecule has 0 aliphatic rings. The maximum absolute atomic E-state index is 12.2. The SMILES string of the molecule is Cc1cc2occ(CC(=O)NC(CN)CC(C)C)c2cc1C.Cl. The number of carbonyl (C=O) groups excluding carboxylic acids is 1. The van der Waals surface area contributed by atoms with Gasteiger partial charge in [-0.2, -0.15) is 0 Å². The van der Waals surface area contributed by atoms with Gasteiger partial charge in [-0.05, 0) is 49.4 Å². The quantitative estimate of drug-likeness (QED) is 0.847. The number of nitrogens with two attached hydrogens (primary N) is 1. The van der Waals surface area contributed by atoms with E-state index in [-0.39, 0.29) is 24.4 Å². The third kappa shape index (κ3) is 4.98. The third-order valence-corrected chi connectivity index (χ3v) is 4.03. The van der Waals surface area contributed by atoms with E-state index in [9.17, 15) is 4.79 Å². The van der Waals surface area contributed by atoms with Gasteiger partial charge in [-0.1, -0.05) is 13.8 Å². The second-order valence-electron chi connectivity index (χ2n) is 6.50. The Morgan fingerprint density at radius 2 is 1.91 bits per heavy atom. The monoisotopic (exact) mass is 338 g/mol. The second-order valence-corrected chi connectivity index (χ2v) is 6.50. The summed E-state index contributed by atoms with van der Waals surface area (Å²) in [5.41, 5.74) is 9.90. The van der Waals surface area contributed by atoms with Gasteiger partial charge in [0, 0.05) is 23.5 Å². The van der Waals surface area contributed by atoms with Gasteiger partial charge < -0.3 is 15.5 Å². The minimum atomic E-state index is -0.00275. The molecule has 3 N–H and O–H groups in total. The Labute approximate surface area is 144 Å². The first-order valence-electron chi connectivity index (χ1n) is 7.87. The number of furan rings is 1. The summed E-state index contributed by atoms with van der Waals surface area (Å²) >= 11 is 0. The Hall–Kier alpha value is -1.52. The zero-order valence-corrected chi connectivity index (χ0v) is 15.1. The number of hydrogen-bond acceptors (Lipinski definition) is 3. The fourth-order valence-corrected chi connectivity index (χ4v) is 2.71. The number of amides is 1. The zero-order valence-electron chi connectivity index (χ0n) is 14.3. The summed E-state index contributed by atoms with van der Waals surface area (Å²) in [5, 5.41) is 4.04. The van der Waals surface area contributed by atoms with E-state index in [1.54, 1.807) is 6.26 Å². The van der Waals surface area contributed by atoms with Crippen LogP contribution in [0.2, 0.25) is 0 Å². The van der Waals surface area contributed by atoms with Gasteiger partial charge >= 0.3 is 0 Å². The van der Waals surface area contributed by atoms with Crippen molar-refractivity contribution in [2.24, 2.45) is 11.7 Å². The normalized spacial score (nSPS) is 12.3. The number of aryl methyl sites for hydroxylation is 2. The van der Waals surface area contributed by atoms with E-state index < -0.39 is 0 Å². The number of benzene rings is 1. The molecule has 1 aromatic carbocycles. The first kappa shape index (κ1) is 19.5. The lowest BCUT2D eigenvalue weighted by Crippen LogP contribution is -2.41. The summed E-state index contributed by atoms with van der Waals surface area (Å²) in [7, 11) is 0. The minimum absolute atomic E-state index is 0. The van der Waals surface area contributed by atoms with Crippen molar-refractivity contribution in [1.29, 1.82) is 0 Å². The van der Waals surface area contributed by atoms with E-state index in [0.29, 0.717) is 18.9 Å². The van der Waals surface area contributed by atoms with Crippen molar-refractivity contribution >= 4 is 29.3 Å². The number of nitrogens with one attached hydrogen (secondary N) is 1. The van der Waals surface area contributed by atoms with Crippen LogP contribution in [0.3, 0.4) is 0 Å². The van der Waals surface area contributed by atoms with Crippen LogP contribution in [0.4, 0.5) is 0 Å². The van der Waals surface area contributed by atoms with Gasteiger partial charge in [0.05, 0.1) is 12.7 Å². The lowest BCUT2D eigenvalue weighted by molar-refractivity contribution is -0.121. The van der Waals surface area contributed by atoms with Crippen molar-refractivity contribution in [3.05, 3.63) is 35.1 Å². The fraction of sp³-hybridized carbons (Fsp3) is 0.500. The molecule has 0 bridgehead atoms. The molecule has 2 rings (SSSR count). The molecular formula is C18H27ClN2O2. The topological polar surface area (TPSA) is 68.3 Å². The van der Waals surface area contributed by atoms with Crippen molar-refractivity contribution in [3.8, 4) is 0 Å². The Morgan fingerprint density at radius 1 is 1.26 bits per heavy atom. The summed E-state index contributed by atoms with van der Waals surface area (Å²) in [5.74, 6) is 0.506. The van der Waals surface area contributed by atoms with Crippen LogP contribution < -0.4 is 11.1 Å². The van der Waals surface area contributed by atoms with Crippen LogP contribution in [0.15, 0.2) is 22.8 Å². The highest BCUT2D eigenvalue weighted by atomic mass is 35.5. The summed E-state index contributed by atoms with van der Waals surface area (Å²) in [6.45, 7) is 8.85. The van der Waals surface area contributed by atoms with Crippen LogP contribution in [-0.2, 0) is 11.2 Å². The second kappa shape index (κ2) is 8.37. The van der Waals surface area contributed by atoms with Gasteiger partial charge in [0.25, 0.3) is 0 Å². The lowest BCUT2D eigenvalue weighted by atomic mass is 10.0. The van der Waals surface area contributed by atoms with E-state index >= 15 is 0 Å². The molecule has 0 saturated heterocycles. The molecule has 23 heavy (non-hydrogen) atoms. The van der Waals surface area contributed by atoms with Gasteiger partial charge in [-0.25, -0.2) is 0 Å². The van der Waals surface area contributed by atoms with Crippen LogP contribution in [-0.4, -0.2) is 18.5 Å². The van der Waals surface area contributed by atoms with E-state index in [1.165, 1.54) is 11.1 Å². The highest BCUT2D eigenvalue weighted by Gasteiger charge is 2.15. The molecule has 0 aliphatic heterocycles. The number of rotatable bonds is 6. The van der Waals surface area contributed by atoms with Gasteiger partial charge in [0.15, 0.2) is 0 Å². The average molecular weight is 339 g/mol. The van der Waals surface area contributed by atoms with E-state index in [2.05, 4.69) is 39.1 Å². The standard InChI is InChI=1S/C18H26N2O2.ClH/c1-11(2)5-15(9-19)20-18(21)8-14-10-22-17-7-13(4)12(3)6-16(14)17;/h6-7,10-11,15H,5,8-9,19H2,1-4H3,(H,20,21);1H. The first-order chi connectivity index (χ1) is 10.4. The van der Waals surface area contributed by atoms with Crippen LogP contribution >= 0.6 is 12.4 Å². The molecule has 1 atom stereocenters. The number of hydrogen-bond donors (Lipinski definition) is 2. The average Bonchev–Trinajstić information content (AvgIpc) is 2.80. The summed E-state index contributed by atoms with van der Waals surface area (Å²) in [4.78, 5) is 12.2. The molecular weight excluding hydrogens is 312 g/mol. The molecule has 4 nitrogen and oxygen atoms in total. The van der Waals surface area contributed by atoms with Crippen LogP contribution in [0.25, 0.3) is 11.0 Å². The molecule has 0 spiro atoms. The Bertz CT molecular complexity index is 664. The largest absolute Gasteiger partial charge is 0.464 e. The lowest BCUT2D eigenvalue weighted by Gasteiger charge is -2.18. The Morgan fingerprint density at radius 3 is 2.52 bits per heavy atom. The van der Waals surface area contributed by atoms with Gasteiger partial charge in [0.1, 0.15) is 5.58 Å². The summed E-state index contributed by atoms with van der Waals surface area (Å²) in [6.07, 6.45) is 2.90. The maximum Gasteiger partial charge on any atom is 0.224 e. The van der Waals surface area contributed by atoms with E-state index in [0.717, 1.165) is 23.0 Å². The Balaban J connectivity index is 0.00000264. The maximum atomic E-state index is 12.2. The Kier molecular flexibility index (Phi) is 7.10. The molecule has 1 amide bonds. The molecule has 2 aromatic rings. The highest BCUT2D eigenvalue weighted by molar-refractivity contribution is 5.88. The third-order valence-electron chi connectivity index (χ3n) is 4.03. The number of halogens is 1. The molecule has 0 aliphatic carbocycles. The van der Waals surface area contributed by atoms with Crippen LogP contribution in [0.5, 0.6) is 0 Å². The molecule has 1 aromatic heterocycles. The van der Waals surface area contributed by atoms with E-state index in [4.69, 9.17) is 10.2 Å². The van der Waals surface area contributed by atoms with Gasteiger partial charge in [-0.3, -0.25) is 4.79 Å². The smallest absolute Gasteiger partial charge is 0.224 e. The highest BCUT2D eigenvalue weighted by Crippen LogP contribution is 2.25. The van der Waals surface area contributed by atoms with Crippen LogP contribution in [0, 0.1) is 19.8 Å².